The smallest absolute Gasteiger partial charge is 0.101 e. The van der Waals surface area contributed by atoms with E-state index in [0.717, 1.165) is 36.4 Å². The number of rotatable bonds is 4. The molecule has 0 aliphatic carbocycles. The summed E-state index contributed by atoms with van der Waals surface area (Å²) in [5.41, 5.74) is 2.75. The van der Waals surface area contributed by atoms with Crippen molar-refractivity contribution < 1.29 is 4.74 Å². The van der Waals surface area contributed by atoms with Crippen LogP contribution in [0.4, 0.5) is 5.69 Å². The van der Waals surface area contributed by atoms with Gasteiger partial charge < -0.3 is 15.0 Å². The number of hydrogen-bond acceptors (Lipinski definition) is 4. The van der Waals surface area contributed by atoms with E-state index in [0.29, 0.717) is 12.6 Å². The molecular formula is C17H25N3O. The van der Waals surface area contributed by atoms with Crippen molar-refractivity contribution in [2.45, 2.75) is 45.9 Å². The Morgan fingerprint density at radius 3 is 2.81 bits per heavy atom. The SMILES string of the molecule is CC(C)NCc1ccc(N2CCOC(C)(C)C2)c(C#N)c1. The number of anilines is 1. The summed E-state index contributed by atoms with van der Waals surface area (Å²) >= 11 is 0. The van der Waals surface area contributed by atoms with E-state index in [-0.39, 0.29) is 5.60 Å². The van der Waals surface area contributed by atoms with Crippen molar-refractivity contribution in [3.05, 3.63) is 29.3 Å². The second kappa shape index (κ2) is 6.46. The standard InChI is InChI=1S/C17H25N3O/c1-13(2)19-11-14-5-6-16(15(9-14)10-18)20-7-8-21-17(3,4)12-20/h5-6,9,13,19H,7-8,11-12H2,1-4H3. The fourth-order valence-corrected chi connectivity index (χ4v) is 2.60. The summed E-state index contributed by atoms with van der Waals surface area (Å²) < 4.78 is 5.74. The maximum atomic E-state index is 9.45. The Hall–Kier alpha value is -1.57. The van der Waals surface area contributed by atoms with Crippen molar-refractivity contribution in [2.75, 3.05) is 24.6 Å². The average Bonchev–Trinajstić information content (AvgIpc) is 2.43. The van der Waals surface area contributed by atoms with Crippen LogP contribution in [-0.2, 0) is 11.3 Å². The molecule has 114 valence electrons. The zero-order valence-electron chi connectivity index (χ0n) is 13.4. The largest absolute Gasteiger partial charge is 0.372 e. The van der Waals surface area contributed by atoms with E-state index >= 15 is 0 Å². The molecule has 1 aliphatic heterocycles. The molecule has 0 bridgehead atoms. The maximum Gasteiger partial charge on any atom is 0.101 e. The third-order valence-electron chi connectivity index (χ3n) is 3.66. The summed E-state index contributed by atoms with van der Waals surface area (Å²) in [5.74, 6) is 0. The average molecular weight is 287 g/mol. The van der Waals surface area contributed by atoms with E-state index in [2.05, 4.69) is 56.1 Å². The number of benzene rings is 1. The monoisotopic (exact) mass is 287 g/mol. The quantitative estimate of drug-likeness (QED) is 0.925. The van der Waals surface area contributed by atoms with E-state index in [1.165, 1.54) is 0 Å². The van der Waals surface area contributed by atoms with Crippen LogP contribution in [0.5, 0.6) is 0 Å². The first kappa shape index (κ1) is 15.8. The van der Waals surface area contributed by atoms with E-state index in [1.54, 1.807) is 0 Å². The van der Waals surface area contributed by atoms with Crippen molar-refractivity contribution in [3.63, 3.8) is 0 Å². The fraction of sp³-hybridized carbons (Fsp3) is 0.588. The molecule has 1 N–H and O–H groups in total. The highest BCUT2D eigenvalue weighted by molar-refractivity contribution is 5.61. The van der Waals surface area contributed by atoms with Gasteiger partial charge in [0, 0.05) is 25.7 Å². The van der Waals surface area contributed by atoms with Gasteiger partial charge in [0.15, 0.2) is 0 Å². The minimum Gasteiger partial charge on any atom is -0.372 e. The van der Waals surface area contributed by atoms with Crippen LogP contribution >= 0.6 is 0 Å². The highest BCUT2D eigenvalue weighted by Gasteiger charge is 2.28. The van der Waals surface area contributed by atoms with Gasteiger partial charge in [-0.05, 0) is 31.5 Å². The second-order valence-electron chi connectivity index (χ2n) is 6.53. The Morgan fingerprint density at radius 2 is 2.19 bits per heavy atom. The molecule has 4 nitrogen and oxygen atoms in total. The van der Waals surface area contributed by atoms with Crippen LogP contribution in [0.2, 0.25) is 0 Å². The molecule has 0 spiro atoms. The summed E-state index contributed by atoms with van der Waals surface area (Å²) in [6, 6.07) is 8.94. The van der Waals surface area contributed by atoms with Gasteiger partial charge in [0.05, 0.1) is 23.5 Å². The predicted molar refractivity (Wildman–Crippen MR) is 85.4 cm³/mol. The number of hydrogen-bond donors (Lipinski definition) is 1. The van der Waals surface area contributed by atoms with Gasteiger partial charge in [-0.2, -0.15) is 5.26 Å². The summed E-state index contributed by atoms with van der Waals surface area (Å²) in [5, 5.41) is 12.8. The van der Waals surface area contributed by atoms with Gasteiger partial charge in [0.1, 0.15) is 6.07 Å². The molecule has 0 unspecified atom stereocenters. The highest BCUT2D eigenvalue weighted by Crippen LogP contribution is 2.26. The van der Waals surface area contributed by atoms with Crippen molar-refractivity contribution in [2.24, 2.45) is 0 Å². The molecule has 0 aromatic heterocycles. The minimum absolute atomic E-state index is 0.164. The van der Waals surface area contributed by atoms with E-state index in [4.69, 9.17) is 4.74 Å². The highest BCUT2D eigenvalue weighted by atomic mass is 16.5. The van der Waals surface area contributed by atoms with Crippen molar-refractivity contribution >= 4 is 5.69 Å². The summed E-state index contributed by atoms with van der Waals surface area (Å²) in [6.45, 7) is 11.6. The van der Waals surface area contributed by atoms with E-state index in [9.17, 15) is 5.26 Å². The molecule has 1 aromatic carbocycles. The van der Waals surface area contributed by atoms with Gasteiger partial charge in [-0.1, -0.05) is 19.9 Å². The molecule has 0 saturated carbocycles. The molecule has 1 aromatic rings. The summed E-state index contributed by atoms with van der Waals surface area (Å²) in [6.07, 6.45) is 0. The maximum absolute atomic E-state index is 9.45. The Bertz CT molecular complexity index is 531. The van der Waals surface area contributed by atoms with Gasteiger partial charge in [0.25, 0.3) is 0 Å². The van der Waals surface area contributed by atoms with Crippen molar-refractivity contribution in [1.29, 1.82) is 5.26 Å². The fourth-order valence-electron chi connectivity index (χ4n) is 2.60. The molecule has 21 heavy (non-hydrogen) atoms. The molecule has 1 fully saturated rings. The third-order valence-corrected chi connectivity index (χ3v) is 3.66. The van der Waals surface area contributed by atoms with Gasteiger partial charge in [-0.3, -0.25) is 0 Å². The van der Waals surface area contributed by atoms with Crippen LogP contribution in [0.15, 0.2) is 18.2 Å². The third kappa shape index (κ3) is 4.20. The summed E-state index contributed by atoms with van der Waals surface area (Å²) in [7, 11) is 0. The molecule has 0 amide bonds. The second-order valence-corrected chi connectivity index (χ2v) is 6.53. The molecule has 2 rings (SSSR count). The Balaban J connectivity index is 2.18. The lowest BCUT2D eigenvalue weighted by Crippen LogP contribution is -2.48. The van der Waals surface area contributed by atoms with Crippen LogP contribution in [0, 0.1) is 11.3 Å². The first-order valence-corrected chi connectivity index (χ1v) is 7.56. The number of ether oxygens (including phenoxy) is 1. The molecule has 1 saturated heterocycles. The topological polar surface area (TPSA) is 48.3 Å². The Morgan fingerprint density at radius 1 is 1.43 bits per heavy atom. The van der Waals surface area contributed by atoms with Crippen molar-refractivity contribution in [1.82, 2.24) is 5.32 Å². The lowest BCUT2D eigenvalue weighted by molar-refractivity contribution is -0.0277. The van der Waals surface area contributed by atoms with Crippen LogP contribution < -0.4 is 10.2 Å². The van der Waals surface area contributed by atoms with Crippen LogP contribution in [0.1, 0.15) is 38.8 Å². The normalized spacial score (nSPS) is 17.8. The van der Waals surface area contributed by atoms with Crippen LogP contribution in [-0.4, -0.2) is 31.3 Å². The Kier molecular flexibility index (Phi) is 4.87. The lowest BCUT2D eigenvalue weighted by Gasteiger charge is -2.39. The first-order chi connectivity index (χ1) is 9.91. The van der Waals surface area contributed by atoms with E-state index in [1.807, 2.05) is 6.07 Å². The number of nitrogens with zero attached hydrogens (tertiary/aromatic N) is 2. The molecule has 0 atom stereocenters. The molecule has 1 heterocycles. The summed E-state index contributed by atoms with van der Waals surface area (Å²) in [4.78, 5) is 2.25. The lowest BCUT2D eigenvalue weighted by atomic mass is 10.0. The molecule has 0 radical (unpaired) electrons. The van der Waals surface area contributed by atoms with Gasteiger partial charge in [0.2, 0.25) is 0 Å². The predicted octanol–water partition coefficient (Wildman–Crippen LogP) is 2.67. The molecule has 1 aliphatic rings. The van der Waals surface area contributed by atoms with Gasteiger partial charge in [-0.15, -0.1) is 0 Å². The zero-order chi connectivity index (χ0) is 15.5. The van der Waals surface area contributed by atoms with Crippen LogP contribution in [0.3, 0.4) is 0 Å². The Labute approximate surface area is 127 Å². The van der Waals surface area contributed by atoms with Gasteiger partial charge in [-0.25, -0.2) is 0 Å². The van der Waals surface area contributed by atoms with Crippen molar-refractivity contribution in [3.8, 4) is 6.07 Å². The molecular weight excluding hydrogens is 262 g/mol. The van der Waals surface area contributed by atoms with E-state index < -0.39 is 0 Å². The minimum atomic E-state index is -0.164. The number of nitrogens with one attached hydrogen (secondary N) is 1. The number of nitriles is 1. The van der Waals surface area contributed by atoms with Crippen LogP contribution in [0.25, 0.3) is 0 Å². The number of morpholine rings is 1. The van der Waals surface area contributed by atoms with Gasteiger partial charge >= 0.3 is 0 Å². The molecule has 4 heteroatoms. The first-order valence-electron chi connectivity index (χ1n) is 7.56. The zero-order valence-corrected chi connectivity index (χ0v) is 13.4.